The van der Waals surface area contributed by atoms with Crippen LogP contribution in [0.25, 0.3) is 0 Å². The minimum atomic E-state index is -0.977. The molecule has 0 atom stereocenters. The molecule has 0 saturated carbocycles. The average molecular weight is 406 g/mol. The number of carbonyl (C=O) groups excluding carboxylic acids is 1. The Bertz CT molecular complexity index is 525. The zero-order valence-corrected chi connectivity index (χ0v) is 14.5. The van der Waals surface area contributed by atoms with Crippen LogP contribution < -0.4 is 4.74 Å². The van der Waals surface area contributed by atoms with Gasteiger partial charge in [0.25, 0.3) is 0 Å². The highest BCUT2D eigenvalue weighted by molar-refractivity contribution is 14.1. The molecule has 116 valence electrons. The van der Waals surface area contributed by atoms with Gasteiger partial charge in [-0.1, -0.05) is 6.92 Å². The zero-order chi connectivity index (χ0) is 16.0. The third-order valence-electron chi connectivity index (χ3n) is 3.19. The fourth-order valence-corrected chi connectivity index (χ4v) is 2.05. The number of carbonyl (C=O) groups is 2. The maximum Gasteiger partial charge on any atom is 0.335 e. The number of hydrogen-bond acceptors (Lipinski definition) is 4. The van der Waals surface area contributed by atoms with Crippen LogP contribution in [-0.2, 0) is 9.53 Å². The highest BCUT2D eigenvalue weighted by Crippen LogP contribution is 2.23. The van der Waals surface area contributed by atoms with Crippen molar-refractivity contribution in [2.24, 2.45) is 5.41 Å². The average Bonchev–Trinajstić information content (AvgIpc) is 2.44. The van der Waals surface area contributed by atoms with Gasteiger partial charge in [-0.05, 0) is 61.1 Å². The van der Waals surface area contributed by atoms with E-state index in [1.54, 1.807) is 6.07 Å². The molecule has 1 aromatic rings. The lowest BCUT2D eigenvalue weighted by molar-refractivity contribution is -0.154. The summed E-state index contributed by atoms with van der Waals surface area (Å²) in [5, 5.41) is 8.87. The number of benzene rings is 1. The van der Waals surface area contributed by atoms with E-state index in [1.165, 1.54) is 12.1 Å². The van der Waals surface area contributed by atoms with Crippen molar-refractivity contribution >= 4 is 34.5 Å². The van der Waals surface area contributed by atoms with Gasteiger partial charge in [-0.25, -0.2) is 4.79 Å². The van der Waals surface area contributed by atoms with Crippen molar-refractivity contribution in [1.82, 2.24) is 0 Å². The second-order valence-electron chi connectivity index (χ2n) is 5.17. The molecular formula is C15H19IO5. The highest BCUT2D eigenvalue weighted by Gasteiger charge is 2.26. The Morgan fingerprint density at radius 1 is 1.29 bits per heavy atom. The van der Waals surface area contributed by atoms with E-state index >= 15 is 0 Å². The maximum absolute atomic E-state index is 11.7. The molecule has 0 radical (unpaired) electrons. The molecule has 0 bridgehead atoms. The van der Waals surface area contributed by atoms with Gasteiger partial charge in [0, 0.05) is 0 Å². The standard InChI is InChI=1S/C15H19IO5/c1-4-15(2,3)14(19)21-8-7-20-12-6-5-10(13(17)18)9-11(12)16/h5-6,9H,4,7-8H2,1-3H3,(H,17,18). The van der Waals surface area contributed by atoms with Crippen LogP contribution in [0, 0.1) is 8.99 Å². The van der Waals surface area contributed by atoms with Crippen LogP contribution in [-0.4, -0.2) is 30.3 Å². The van der Waals surface area contributed by atoms with Crippen LogP contribution in [0.2, 0.25) is 0 Å². The number of carboxylic acid groups (broad SMARTS) is 1. The fourth-order valence-electron chi connectivity index (χ4n) is 1.38. The fraction of sp³-hybridized carbons (Fsp3) is 0.467. The SMILES string of the molecule is CCC(C)(C)C(=O)OCCOc1ccc(C(=O)O)cc1I. The molecule has 5 nitrogen and oxygen atoms in total. The summed E-state index contributed by atoms with van der Waals surface area (Å²) in [4.78, 5) is 22.6. The minimum absolute atomic E-state index is 0.166. The first-order chi connectivity index (χ1) is 9.77. The van der Waals surface area contributed by atoms with Gasteiger partial charge >= 0.3 is 11.9 Å². The summed E-state index contributed by atoms with van der Waals surface area (Å²) in [7, 11) is 0. The monoisotopic (exact) mass is 406 g/mol. The number of halogens is 1. The van der Waals surface area contributed by atoms with Crippen LogP contribution >= 0.6 is 22.6 Å². The molecule has 0 amide bonds. The van der Waals surface area contributed by atoms with Gasteiger partial charge in [0.1, 0.15) is 19.0 Å². The Morgan fingerprint density at radius 3 is 2.48 bits per heavy atom. The van der Waals surface area contributed by atoms with Crippen molar-refractivity contribution in [2.45, 2.75) is 27.2 Å². The lowest BCUT2D eigenvalue weighted by atomic mass is 9.91. The number of aromatic carboxylic acids is 1. The van der Waals surface area contributed by atoms with Crippen LogP contribution in [0.15, 0.2) is 18.2 Å². The van der Waals surface area contributed by atoms with E-state index < -0.39 is 11.4 Å². The van der Waals surface area contributed by atoms with Crippen molar-refractivity contribution < 1.29 is 24.2 Å². The van der Waals surface area contributed by atoms with Gasteiger partial charge in [-0.15, -0.1) is 0 Å². The molecule has 0 aliphatic rings. The van der Waals surface area contributed by atoms with Crippen molar-refractivity contribution in [2.75, 3.05) is 13.2 Å². The molecule has 0 saturated heterocycles. The van der Waals surface area contributed by atoms with E-state index in [1.807, 2.05) is 43.4 Å². The Kier molecular flexibility index (Phi) is 6.44. The van der Waals surface area contributed by atoms with Gasteiger partial charge < -0.3 is 14.6 Å². The summed E-state index contributed by atoms with van der Waals surface area (Å²) >= 11 is 2.01. The van der Waals surface area contributed by atoms with E-state index in [4.69, 9.17) is 14.6 Å². The minimum Gasteiger partial charge on any atom is -0.489 e. The van der Waals surface area contributed by atoms with E-state index in [0.29, 0.717) is 15.7 Å². The molecule has 0 aliphatic heterocycles. The molecule has 0 heterocycles. The molecular weight excluding hydrogens is 387 g/mol. The number of ether oxygens (including phenoxy) is 2. The van der Waals surface area contributed by atoms with Crippen LogP contribution in [0.4, 0.5) is 0 Å². The van der Waals surface area contributed by atoms with Gasteiger partial charge in [-0.3, -0.25) is 4.79 Å². The first-order valence-electron chi connectivity index (χ1n) is 6.61. The molecule has 0 spiro atoms. The summed E-state index contributed by atoms with van der Waals surface area (Å²) in [5.41, 5.74) is -0.278. The van der Waals surface area contributed by atoms with Crippen molar-refractivity contribution in [3.05, 3.63) is 27.3 Å². The quantitative estimate of drug-likeness (QED) is 0.427. The molecule has 21 heavy (non-hydrogen) atoms. The van der Waals surface area contributed by atoms with E-state index in [0.717, 1.165) is 0 Å². The van der Waals surface area contributed by atoms with Crippen molar-refractivity contribution in [1.29, 1.82) is 0 Å². The maximum atomic E-state index is 11.7. The molecule has 0 aromatic heterocycles. The normalized spacial score (nSPS) is 11.0. The first-order valence-corrected chi connectivity index (χ1v) is 7.68. The largest absolute Gasteiger partial charge is 0.489 e. The molecule has 1 rings (SSSR count). The predicted molar refractivity (Wildman–Crippen MR) is 86.6 cm³/mol. The Balaban J connectivity index is 2.47. The Morgan fingerprint density at radius 2 is 1.95 bits per heavy atom. The van der Waals surface area contributed by atoms with Crippen molar-refractivity contribution in [3.8, 4) is 5.75 Å². The van der Waals surface area contributed by atoms with Crippen LogP contribution in [0.3, 0.4) is 0 Å². The summed E-state index contributed by atoms with van der Waals surface area (Å²) in [5.74, 6) is -0.647. The molecule has 1 aromatic carbocycles. The number of esters is 1. The smallest absolute Gasteiger partial charge is 0.335 e. The number of carboxylic acids is 1. The van der Waals surface area contributed by atoms with Crippen molar-refractivity contribution in [3.63, 3.8) is 0 Å². The molecule has 6 heteroatoms. The lowest BCUT2D eigenvalue weighted by Crippen LogP contribution is -2.27. The van der Waals surface area contributed by atoms with Gasteiger partial charge in [-0.2, -0.15) is 0 Å². The van der Waals surface area contributed by atoms with E-state index in [2.05, 4.69) is 0 Å². The van der Waals surface area contributed by atoms with E-state index in [9.17, 15) is 9.59 Å². The Labute approximate surface area is 137 Å². The summed E-state index contributed by atoms with van der Waals surface area (Å²) in [6, 6.07) is 4.61. The van der Waals surface area contributed by atoms with Crippen LogP contribution in [0.5, 0.6) is 5.75 Å². The molecule has 0 unspecified atom stereocenters. The Hall–Kier alpha value is -1.31. The van der Waals surface area contributed by atoms with Gasteiger partial charge in [0.2, 0.25) is 0 Å². The van der Waals surface area contributed by atoms with E-state index in [-0.39, 0.29) is 24.7 Å². The lowest BCUT2D eigenvalue weighted by Gasteiger charge is -2.20. The highest BCUT2D eigenvalue weighted by atomic mass is 127. The molecule has 1 N–H and O–H groups in total. The summed E-state index contributed by atoms with van der Waals surface area (Å²) < 4.78 is 11.4. The molecule has 0 aliphatic carbocycles. The summed E-state index contributed by atoms with van der Waals surface area (Å²) in [6.45, 7) is 6.00. The topological polar surface area (TPSA) is 72.8 Å². The third kappa shape index (κ3) is 5.18. The zero-order valence-electron chi connectivity index (χ0n) is 12.3. The van der Waals surface area contributed by atoms with Crippen LogP contribution in [0.1, 0.15) is 37.6 Å². The molecule has 0 fully saturated rings. The third-order valence-corrected chi connectivity index (χ3v) is 4.03. The number of rotatable bonds is 7. The second-order valence-corrected chi connectivity index (χ2v) is 6.33. The predicted octanol–water partition coefficient (Wildman–Crippen LogP) is 3.35. The second kappa shape index (κ2) is 7.63. The summed E-state index contributed by atoms with van der Waals surface area (Å²) in [6.07, 6.45) is 0.710. The first kappa shape index (κ1) is 17.7. The van der Waals surface area contributed by atoms with Gasteiger partial charge in [0.15, 0.2) is 0 Å². The number of hydrogen-bond donors (Lipinski definition) is 1. The van der Waals surface area contributed by atoms with Gasteiger partial charge in [0.05, 0.1) is 14.5 Å².